The molecule has 0 saturated heterocycles. The molecule has 0 bridgehead atoms. The van der Waals surface area contributed by atoms with Gasteiger partial charge in [0.05, 0.1) is 18.1 Å². The molecule has 0 aromatic carbocycles. The van der Waals surface area contributed by atoms with Crippen LogP contribution in [0, 0.1) is 23.5 Å². The molecular formula is C30H40F2N4O. The van der Waals surface area contributed by atoms with Crippen molar-refractivity contribution in [2.24, 2.45) is 11.8 Å². The van der Waals surface area contributed by atoms with Gasteiger partial charge in [-0.25, -0.2) is 23.7 Å². The summed E-state index contributed by atoms with van der Waals surface area (Å²) >= 11 is 0. The van der Waals surface area contributed by atoms with Crippen molar-refractivity contribution in [1.29, 1.82) is 0 Å². The summed E-state index contributed by atoms with van der Waals surface area (Å²) in [4.78, 5) is 28.3. The topological polar surface area (TPSA) is 71.5 Å². The number of rotatable bonds is 14. The Morgan fingerprint density at radius 2 is 1.76 bits per heavy atom. The van der Waals surface area contributed by atoms with Gasteiger partial charge < -0.3 is 4.98 Å². The summed E-state index contributed by atoms with van der Waals surface area (Å²) < 4.78 is 28.4. The van der Waals surface area contributed by atoms with E-state index in [4.69, 9.17) is 0 Å². The highest BCUT2D eigenvalue weighted by Gasteiger charge is 2.26. The molecule has 2 atom stereocenters. The maximum atomic E-state index is 14.7. The van der Waals surface area contributed by atoms with Crippen LogP contribution >= 0.6 is 0 Å². The Balaban J connectivity index is 1.27. The first-order valence-corrected chi connectivity index (χ1v) is 14.2. The number of unbranched alkanes of at least 4 members (excludes halogenated alkanes) is 7. The summed E-state index contributed by atoms with van der Waals surface area (Å²) in [7, 11) is 0. The lowest BCUT2D eigenvalue weighted by molar-refractivity contribution is -0.120. The number of carbonyl (C=O) groups is 1. The fourth-order valence-corrected chi connectivity index (χ4v) is 5.76. The third-order valence-electron chi connectivity index (χ3n) is 7.75. The first kappa shape index (κ1) is 27.3. The Morgan fingerprint density at radius 1 is 1.00 bits per heavy atom. The second kappa shape index (κ2) is 13.7. The summed E-state index contributed by atoms with van der Waals surface area (Å²) in [5, 5.41) is 0.574. The third kappa shape index (κ3) is 7.89. The second-order valence-corrected chi connectivity index (χ2v) is 10.8. The molecule has 1 fully saturated rings. The van der Waals surface area contributed by atoms with Gasteiger partial charge in [0.15, 0.2) is 11.6 Å². The molecule has 0 unspecified atom stereocenters. The molecule has 7 heteroatoms. The number of halogens is 2. The average molecular weight is 511 g/mol. The number of nitrogens with zero attached hydrogens (tertiary/aromatic N) is 3. The van der Waals surface area contributed by atoms with Crippen molar-refractivity contribution in [2.45, 2.75) is 103 Å². The highest BCUT2D eigenvalue weighted by atomic mass is 19.1. The first-order chi connectivity index (χ1) is 18.0. The number of nitrogens with one attached hydrogen (secondary N) is 1. The van der Waals surface area contributed by atoms with E-state index in [9.17, 15) is 13.6 Å². The predicted molar refractivity (Wildman–Crippen MR) is 143 cm³/mol. The van der Waals surface area contributed by atoms with Crippen molar-refractivity contribution in [3.05, 3.63) is 42.0 Å². The molecule has 1 saturated carbocycles. The van der Waals surface area contributed by atoms with Crippen molar-refractivity contribution >= 4 is 16.8 Å². The SMILES string of the molecule is CCCCCCCCCCC(=O)C[C@@H]1CCC[C@H](Cc2nc(-c3c[nH]c4ncc(F)cc34)ncc2F)C1. The molecule has 0 radical (unpaired) electrons. The number of aromatic amines is 1. The lowest BCUT2D eigenvalue weighted by atomic mass is 9.77. The fourth-order valence-electron chi connectivity index (χ4n) is 5.76. The molecule has 3 aromatic heterocycles. The van der Waals surface area contributed by atoms with E-state index in [0.717, 1.165) is 44.7 Å². The highest BCUT2D eigenvalue weighted by molar-refractivity contribution is 5.91. The zero-order valence-corrected chi connectivity index (χ0v) is 22.1. The van der Waals surface area contributed by atoms with Crippen molar-refractivity contribution in [3.63, 3.8) is 0 Å². The predicted octanol–water partition coefficient (Wildman–Crippen LogP) is 8.14. The summed E-state index contributed by atoms with van der Waals surface area (Å²) in [6.07, 6.45) is 19.9. The fraction of sp³-hybridized carbons (Fsp3) is 0.600. The van der Waals surface area contributed by atoms with Crippen molar-refractivity contribution < 1.29 is 13.6 Å². The summed E-state index contributed by atoms with van der Waals surface area (Å²) in [5.74, 6) is 0.568. The van der Waals surface area contributed by atoms with Gasteiger partial charge in [-0.1, -0.05) is 71.1 Å². The van der Waals surface area contributed by atoms with Crippen LogP contribution in [0.2, 0.25) is 0 Å². The number of carbonyl (C=O) groups excluding carboxylic acids is 1. The van der Waals surface area contributed by atoms with Gasteiger partial charge in [-0.2, -0.15) is 0 Å². The van der Waals surface area contributed by atoms with E-state index in [0.29, 0.717) is 65.0 Å². The third-order valence-corrected chi connectivity index (χ3v) is 7.75. The molecule has 3 aromatic rings. The zero-order valence-electron chi connectivity index (χ0n) is 22.1. The molecular weight excluding hydrogens is 470 g/mol. The number of ketones is 1. The van der Waals surface area contributed by atoms with Gasteiger partial charge >= 0.3 is 0 Å². The Hall–Kier alpha value is -2.70. The van der Waals surface area contributed by atoms with Gasteiger partial charge in [-0.15, -0.1) is 0 Å². The van der Waals surface area contributed by atoms with E-state index >= 15 is 0 Å². The molecule has 0 aliphatic heterocycles. The first-order valence-electron chi connectivity index (χ1n) is 14.2. The molecule has 1 aliphatic rings. The van der Waals surface area contributed by atoms with Crippen LogP contribution in [0.3, 0.4) is 0 Å². The number of aromatic nitrogens is 4. The summed E-state index contributed by atoms with van der Waals surface area (Å²) in [6.45, 7) is 2.23. The normalized spacial score (nSPS) is 17.9. The summed E-state index contributed by atoms with van der Waals surface area (Å²) in [5.41, 5.74) is 1.54. The van der Waals surface area contributed by atoms with Crippen LogP contribution in [0.5, 0.6) is 0 Å². The van der Waals surface area contributed by atoms with Crippen molar-refractivity contribution in [1.82, 2.24) is 19.9 Å². The monoisotopic (exact) mass is 510 g/mol. The standard InChI is InChI=1S/C30H40F2N4O/c1-2-3-4-5-6-7-8-9-13-24(37)15-21-11-10-12-22(14-21)16-28-27(32)20-35-30(36-28)26-19-34-29-25(26)17-23(31)18-33-29/h17-22H,2-16H2,1H3,(H,33,34)/t21-,22+/m1/s1. The van der Waals surface area contributed by atoms with Crippen molar-refractivity contribution in [2.75, 3.05) is 0 Å². The highest BCUT2D eigenvalue weighted by Crippen LogP contribution is 2.34. The van der Waals surface area contributed by atoms with Crippen LogP contribution in [-0.4, -0.2) is 25.7 Å². The maximum absolute atomic E-state index is 14.7. The van der Waals surface area contributed by atoms with E-state index in [1.54, 1.807) is 6.20 Å². The molecule has 200 valence electrons. The van der Waals surface area contributed by atoms with Gasteiger partial charge in [0.1, 0.15) is 17.2 Å². The Bertz CT molecular complexity index is 1160. The van der Waals surface area contributed by atoms with Gasteiger partial charge in [0, 0.05) is 30.0 Å². The number of hydrogen-bond donors (Lipinski definition) is 1. The molecule has 0 amide bonds. The minimum absolute atomic E-state index is 0.300. The van der Waals surface area contributed by atoms with Gasteiger partial charge in [-0.05, 0) is 37.2 Å². The lowest BCUT2D eigenvalue weighted by Crippen LogP contribution is -2.21. The van der Waals surface area contributed by atoms with Gasteiger partial charge in [0.25, 0.3) is 0 Å². The number of pyridine rings is 1. The quantitative estimate of drug-likeness (QED) is 0.222. The molecule has 1 aliphatic carbocycles. The van der Waals surface area contributed by atoms with Crippen LogP contribution in [0.15, 0.2) is 24.7 Å². The van der Waals surface area contributed by atoms with Gasteiger partial charge in [0.2, 0.25) is 0 Å². The molecule has 4 rings (SSSR count). The van der Waals surface area contributed by atoms with Crippen LogP contribution in [0.4, 0.5) is 8.78 Å². The molecule has 1 N–H and O–H groups in total. The molecule has 5 nitrogen and oxygen atoms in total. The maximum Gasteiger partial charge on any atom is 0.163 e. The minimum Gasteiger partial charge on any atom is -0.345 e. The number of fused-ring (bicyclic) bond motifs is 1. The number of hydrogen-bond acceptors (Lipinski definition) is 4. The van der Waals surface area contributed by atoms with E-state index < -0.39 is 11.6 Å². The van der Waals surface area contributed by atoms with Crippen molar-refractivity contribution in [3.8, 4) is 11.4 Å². The number of Topliss-reactive ketones (excluding diaryl/α,β-unsaturated/α-hetero) is 1. The lowest BCUT2D eigenvalue weighted by Gasteiger charge is -2.28. The Morgan fingerprint density at radius 3 is 2.57 bits per heavy atom. The Labute approximate surface area is 218 Å². The van der Waals surface area contributed by atoms with E-state index in [-0.39, 0.29) is 0 Å². The van der Waals surface area contributed by atoms with E-state index in [2.05, 4.69) is 26.9 Å². The molecule has 37 heavy (non-hydrogen) atoms. The van der Waals surface area contributed by atoms with Gasteiger partial charge in [-0.3, -0.25) is 4.79 Å². The summed E-state index contributed by atoms with van der Waals surface area (Å²) in [6, 6.07) is 1.39. The van der Waals surface area contributed by atoms with Crippen LogP contribution in [0.1, 0.15) is 103 Å². The van der Waals surface area contributed by atoms with Crippen LogP contribution < -0.4 is 0 Å². The number of H-pyrrole nitrogens is 1. The average Bonchev–Trinajstić information content (AvgIpc) is 3.30. The van der Waals surface area contributed by atoms with E-state index in [1.807, 2.05) is 0 Å². The van der Waals surface area contributed by atoms with Crippen LogP contribution in [0.25, 0.3) is 22.4 Å². The second-order valence-electron chi connectivity index (χ2n) is 10.8. The largest absolute Gasteiger partial charge is 0.345 e. The zero-order chi connectivity index (χ0) is 26.0. The van der Waals surface area contributed by atoms with E-state index in [1.165, 1.54) is 50.8 Å². The smallest absolute Gasteiger partial charge is 0.163 e. The Kier molecular flexibility index (Phi) is 10.1. The minimum atomic E-state index is -0.444. The van der Waals surface area contributed by atoms with Crippen LogP contribution in [-0.2, 0) is 11.2 Å². The molecule has 0 spiro atoms. The molecule has 3 heterocycles.